The number of piperidine rings is 1. The van der Waals surface area contributed by atoms with Crippen LogP contribution < -0.4 is 5.32 Å². The SMILES string of the molecule is CN1CCCC(CCC(=O)NC2(C(=O)O)CC2)C1. The first kappa shape index (κ1) is 13.3. The van der Waals surface area contributed by atoms with Crippen molar-refractivity contribution in [3.8, 4) is 0 Å². The molecule has 1 saturated heterocycles. The molecule has 2 aliphatic rings. The molecule has 5 heteroatoms. The van der Waals surface area contributed by atoms with Crippen LogP contribution >= 0.6 is 0 Å². The van der Waals surface area contributed by atoms with Gasteiger partial charge in [0.25, 0.3) is 0 Å². The van der Waals surface area contributed by atoms with Crippen molar-refractivity contribution in [2.75, 3.05) is 20.1 Å². The summed E-state index contributed by atoms with van der Waals surface area (Å²) in [6.45, 7) is 2.20. The molecular formula is C13H22N2O3. The van der Waals surface area contributed by atoms with Gasteiger partial charge in [0.2, 0.25) is 5.91 Å². The number of carboxylic acids is 1. The maximum Gasteiger partial charge on any atom is 0.329 e. The Labute approximate surface area is 108 Å². The number of aliphatic carboxylic acids is 1. The van der Waals surface area contributed by atoms with Crippen LogP contribution in [0.4, 0.5) is 0 Å². The van der Waals surface area contributed by atoms with Crippen molar-refractivity contribution in [2.45, 2.75) is 44.1 Å². The second-order valence-corrected chi connectivity index (χ2v) is 5.74. The highest BCUT2D eigenvalue weighted by Crippen LogP contribution is 2.35. The van der Waals surface area contributed by atoms with Gasteiger partial charge in [-0.2, -0.15) is 0 Å². The van der Waals surface area contributed by atoms with Crippen molar-refractivity contribution >= 4 is 11.9 Å². The van der Waals surface area contributed by atoms with Gasteiger partial charge in [0.15, 0.2) is 0 Å². The quantitative estimate of drug-likeness (QED) is 0.763. The number of carboxylic acid groups (broad SMARTS) is 1. The summed E-state index contributed by atoms with van der Waals surface area (Å²) in [6, 6.07) is 0. The Balaban J connectivity index is 1.70. The summed E-state index contributed by atoms with van der Waals surface area (Å²) in [4.78, 5) is 25.0. The van der Waals surface area contributed by atoms with E-state index in [4.69, 9.17) is 5.11 Å². The molecule has 1 heterocycles. The molecule has 1 saturated carbocycles. The lowest BCUT2D eigenvalue weighted by molar-refractivity contribution is -0.143. The Kier molecular flexibility index (Phi) is 3.90. The molecule has 0 aromatic carbocycles. The van der Waals surface area contributed by atoms with Crippen molar-refractivity contribution in [3.05, 3.63) is 0 Å². The van der Waals surface area contributed by atoms with E-state index in [0.717, 1.165) is 19.5 Å². The van der Waals surface area contributed by atoms with Gasteiger partial charge in [-0.15, -0.1) is 0 Å². The number of amides is 1. The second kappa shape index (κ2) is 5.26. The van der Waals surface area contributed by atoms with E-state index in [0.29, 0.717) is 25.2 Å². The van der Waals surface area contributed by atoms with Crippen LogP contribution in [0.5, 0.6) is 0 Å². The predicted octanol–water partition coefficient (Wildman–Crippen LogP) is 0.842. The summed E-state index contributed by atoms with van der Waals surface area (Å²) < 4.78 is 0. The molecule has 1 unspecified atom stereocenters. The van der Waals surface area contributed by atoms with Crippen molar-refractivity contribution in [1.29, 1.82) is 0 Å². The summed E-state index contributed by atoms with van der Waals surface area (Å²) in [5.74, 6) is -0.425. The van der Waals surface area contributed by atoms with E-state index in [9.17, 15) is 9.59 Å². The van der Waals surface area contributed by atoms with E-state index < -0.39 is 11.5 Å². The molecule has 1 amide bonds. The summed E-state index contributed by atoms with van der Waals surface area (Å²) in [5, 5.41) is 11.6. The molecular weight excluding hydrogens is 232 g/mol. The minimum atomic E-state index is -0.930. The van der Waals surface area contributed by atoms with Gasteiger partial charge in [0.05, 0.1) is 0 Å². The van der Waals surface area contributed by atoms with Gasteiger partial charge in [-0.05, 0) is 51.6 Å². The Morgan fingerprint density at radius 2 is 2.17 bits per heavy atom. The van der Waals surface area contributed by atoms with Crippen molar-refractivity contribution in [1.82, 2.24) is 10.2 Å². The lowest BCUT2D eigenvalue weighted by Crippen LogP contribution is -2.43. The third-order valence-electron chi connectivity index (χ3n) is 4.04. The van der Waals surface area contributed by atoms with Gasteiger partial charge in [0, 0.05) is 13.0 Å². The largest absolute Gasteiger partial charge is 0.480 e. The lowest BCUT2D eigenvalue weighted by Gasteiger charge is -2.29. The van der Waals surface area contributed by atoms with Crippen LogP contribution in [0.25, 0.3) is 0 Å². The first-order valence-corrected chi connectivity index (χ1v) is 6.75. The van der Waals surface area contributed by atoms with E-state index in [2.05, 4.69) is 17.3 Å². The number of carbonyl (C=O) groups is 2. The predicted molar refractivity (Wildman–Crippen MR) is 67.2 cm³/mol. The van der Waals surface area contributed by atoms with Gasteiger partial charge >= 0.3 is 5.97 Å². The van der Waals surface area contributed by atoms with Crippen molar-refractivity contribution < 1.29 is 14.7 Å². The Bertz CT molecular complexity index is 339. The van der Waals surface area contributed by atoms with Crippen LogP contribution in [0.15, 0.2) is 0 Å². The molecule has 0 radical (unpaired) electrons. The molecule has 1 atom stereocenters. The Morgan fingerprint density at radius 1 is 1.44 bits per heavy atom. The van der Waals surface area contributed by atoms with Crippen LogP contribution in [-0.4, -0.2) is 47.6 Å². The number of hydrogen-bond donors (Lipinski definition) is 2. The second-order valence-electron chi connectivity index (χ2n) is 5.74. The number of likely N-dealkylation sites (tertiary alicyclic amines) is 1. The minimum Gasteiger partial charge on any atom is -0.480 e. The third kappa shape index (κ3) is 3.22. The van der Waals surface area contributed by atoms with Crippen LogP contribution in [0.3, 0.4) is 0 Å². The summed E-state index contributed by atoms with van der Waals surface area (Å²) >= 11 is 0. The van der Waals surface area contributed by atoms with Crippen molar-refractivity contribution in [3.63, 3.8) is 0 Å². The van der Waals surface area contributed by atoms with Gasteiger partial charge in [0.1, 0.15) is 5.54 Å². The Hall–Kier alpha value is -1.10. The maximum atomic E-state index is 11.7. The van der Waals surface area contributed by atoms with Gasteiger partial charge in [-0.25, -0.2) is 4.79 Å². The smallest absolute Gasteiger partial charge is 0.329 e. The molecule has 2 N–H and O–H groups in total. The number of nitrogens with zero attached hydrogens (tertiary/aromatic N) is 1. The normalized spacial score (nSPS) is 26.6. The number of rotatable bonds is 5. The lowest BCUT2D eigenvalue weighted by atomic mass is 9.93. The number of carbonyl (C=O) groups excluding carboxylic acids is 1. The summed E-state index contributed by atoms with van der Waals surface area (Å²) in [6.07, 6.45) is 4.84. The first-order chi connectivity index (χ1) is 8.52. The van der Waals surface area contributed by atoms with Crippen LogP contribution in [0.2, 0.25) is 0 Å². The number of nitrogens with one attached hydrogen (secondary N) is 1. The highest BCUT2D eigenvalue weighted by atomic mass is 16.4. The monoisotopic (exact) mass is 254 g/mol. The average Bonchev–Trinajstić information content (AvgIpc) is 3.08. The first-order valence-electron chi connectivity index (χ1n) is 6.75. The zero-order valence-electron chi connectivity index (χ0n) is 10.9. The van der Waals surface area contributed by atoms with Crippen molar-refractivity contribution in [2.24, 2.45) is 5.92 Å². The van der Waals surface area contributed by atoms with Crippen LogP contribution in [0, 0.1) is 5.92 Å². The van der Waals surface area contributed by atoms with E-state index in [1.54, 1.807) is 0 Å². The Morgan fingerprint density at radius 3 is 2.72 bits per heavy atom. The minimum absolute atomic E-state index is 0.108. The average molecular weight is 254 g/mol. The summed E-state index contributed by atoms with van der Waals surface area (Å²) in [7, 11) is 2.11. The molecule has 102 valence electrons. The molecule has 1 aliphatic carbocycles. The molecule has 0 bridgehead atoms. The van der Waals surface area contributed by atoms with Gasteiger partial charge < -0.3 is 15.3 Å². The van der Waals surface area contributed by atoms with E-state index in [1.165, 1.54) is 12.8 Å². The fourth-order valence-electron chi connectivity index (χ4n) is 2.69. The van der Waals surface area contributed by atoms with Gasteiger partial charge in [-0.3, -0.25) is 4.79 Å². The summed E-state index contributed by atoms with van der Waals surface area (Å²) in [5.41, 5.74) is -0.930. The molecule has 1 aliphatic heterocycles. The highest BCUT2D eigenvalue weighted by Gasteiger charge is 2.51. The maximum absolute atomic E-state index is 11.7. The van der Waals surface area contributed by atoms with E-state index in [-0.39, 0.29) is 5.91 Å². The third-order valence-corrected chi connectivity index (χ3v) is 4.04. The molecule has 0 aromatic rings. The highest BCUT2D eigenvalue weighted by molar-refractivity contribution is 5.89. The van der Waals surface area contributed by atoms with E-state index >= 15 is 0 Å². The number of hydrogen-bond acceptors (Lipinski definition) is 3. The topological polar surface area (TPSA) is 69.6 Å². The van der Waals surface area contributed by atoms with Gasteiger partial charge in [-0.1, -0.05) is 0 Å². The molecule has 18 heavy (non-hydrogen) atoms. The molecule has 0 aromatic heterocycles. The molecule has 5 nitrogen and oxygen atoms in total. The zero-order valence-corrected chi connectivity index (χ0v) is 10.9. The standard InChI is InChI=1S/C13H22N2O3/c1-15-8-2-3-10(9-15)4-5-11(16)14-13(6-7-13)12(17)18/h10H,2-9H2,1H3,(H,14,16)(H,17,18). The molecule has 0 spiro atoms. The fraction of sp³-hybridized carbons (Fsp3) is 0.846. The zero-order chi connectivity index (χ0) is 13.2. The fourth-order valence-corrected chi connectivity index (χ4v) is 2.69. The molecule has 2 fully saturated rings. The van der Waals surface area contributed by atoms with E-state index in [1.807, 2.05) is 0 Å². The molecule has 2 rings (SSSR count). The van der Waals surface area contributed by atoms with Crippen LogP contribution in [0.1, 0.15) is 38.5 Å². The van der Waals surface area contributed by atoms with Crippen LogP contribution in [-0.2, 0) is 9.59 Å².